The zero-order valence-corrected chi connectivity index (χ0v) is 12.6. The molecule has 2 aromatic rings. The van der Waals surface area contributed by atoms with Gasteiger partial charge >= 0.3 is 0 Å². The molecule has 4 heteroatoms. The highest BCUT2D eigenvalue weighted by atomic mass is 19.1. The van der Waals surface area contributed by atoms with Crippen molar-refractivity contribution in [1.82, 2.24) is 0 Å². The van der Waals surface area contributed by atoms with Crippen molar-refractivity contribution in [2.75, 3.05) is 19.0 Å². The molecule has 0 bridgehead atoms. The first-order chi connectivity index (χ1) is 10.1. The van der Waals surface area contributed by atoms with Gasteiger partial charge < -0.3 is 14.8 Å². The van der Waals surface area contributed by atoms with E-state index in [4.69, 9.17) is 9.47 Å². The molecule has 0 saturated carbocycles. The maximum Gasteiger partial charge on any atom is 0.165 e. The molecule has 1 N–H and O–H groups in total. The van der Waals surface area contributed by atoms with Crippen LogP contribution >= 0.6 is 0 Å². The van der Waals surface area contributed by atoms with Gasteiger partial charge in [-0.2, -0.15) is 0 Å². The molecule has 3 nitrogen and oxygen atoms in total. The van der Waals surface area contributed by atoms with E-state index in [1.807, 2.05) is 38.1 Å². The van der Waals surface area contributed by atoms with Crippen LogP contribution in [0.15, 0.2) is 36.4 Å². The van der Waals surface area contributed by atoms with Crippen molar-refractivity contribution >= 4 is 5.69 Å². The summed E-state index contributed by atoms with van der Waals surface area (Å²) in [5, 5.41) is 3.21. The third-order valence-corrected chi connectivity index (χ3v) is 3.09. The van der Waals surface area contributed by atoms with Gasteiger partial charge in [-0.05, 0) is 43.7 Å². The second-order valence-electron chi connectivity index (χ2n) is 4.75. The number of hydrogen-bond acceptors (Lipinski definition) is 3. The number of hydrogen-bond donors (Lipinski definition) is 1. The Balaban J connectivity index is 2.17. The van der Waals surface area contributed by atoms with Crippen LogP contribution in [-0.4, -0.2) is 13.7 Å². The molecule has 112 valence electrons. The molecule has 0 aliphatic heterocycles. The van der Waals surface area contributed by atoms with Crippen LogP contribution < -0.4 is 14.8 Å². The Morgan fingerprint density at radius 1 is 1.19 bits per heavy atom. The molecule has 2 rings (SSSR count). The highest BCUT2D eigenvalue weighted by Gasteiger charge is 2.09. The standard InChI is InChI=1S/C17H20FNO2/c1-4-21-16-7-5-6-13(17(16)20-3)11-19-15-9-12(2)8-14(18)10-15/h5-10,19H,4,11H2,1-3H3. The summed E-state index contributed by atoms with van der Waals surface area (Å²) in [5.41, 5.74) is 2.59. The van der Waals surface area contributed by atoms with Crippen molar-refractivity contribution in [1.29, 1.82) is 0 Å². The monoisotopic (exact) mass is 289 g/mol. The number of benzene rings is 2. The van der Waals surface area contributed by atoms with E-state index >= 15 is 0 Å². The number of methoxy groups -OCH3 is 1. The van der Waals surface area contributed by atoms with Crippen LogP contribution in [-0.2, 0) is 6.54 Å². The van der Waals surface area contributed by atoms with E-state index in [0.29, 0.717) is 18.9 Å². The number of halogens is 1. The lowest BCUT2D eigenvalue weighted by molar-refractivity contribution is 0.309. The maximum atomic E-state index is 13.4. The van der Waals surface area contributed by atoms with Crippen LogP contribution in [0.5, 0.6) is 11.5 Å². The first kappa shape index (κ1) is 15.2. The fourth-order valence-corrected chi connectivity index (χ4v) is 2.24. The molecule has 0 aliphatic rings. The molecule has 0 radical (unpaired) electrons. The third-order valence-electron chi connectivity index (χ3n) is 3.09. The van der Waals surface area contributed by atoms with Crippen molar-refractivity contribution < 1.29 is 13.9 Å². The number of rotatable bonds is 6. The van der Waals surface area contributed by atoms with Crippen molar-refractivity contribution in [3.8, 4) is 11.5 Å². The summed E-state index contributed by atoms with van der Waals surface area (Å²) < 4.78 is 24.4. The summed E-state index contributed by atoms with van der Waals surface area (Å²) in [5.74, 6) is 1.18. The van der Waals surface area contributed by atoms with Crippen LogP contribution in [0.1, 0.15) is 18.1 Å². The van der Waals surface area contributed by atoms with Crippen LogP contribution in [0.2, 0.25) is 0 Å². The van der Waals surface area contributed by atoms with Gasteiger partial charge in [0.1, 0.15) is 5.82 Å². The predicted octanol–water partition coefficient (Wildman–Crippen LogP) is 4.15. The molecule has 0 amide bonds. The Morgan fingerprint density at radius 2 is 2.00 bits per heavy atom. The topological polar surface area (TPSA) is 30.5 Å². The lowest BCUT2D eigenvalue weighted by Gasteiger charge is -2.15. The first-order valence-electron chi connectivity index (χ1n) is 6.93. The molecule has 0 aliphatic carbocycles. The summed E-state index contributed by atoms with van der Waals surface area (Å²) in [6.07, 6.45) is 0. The van der Waals surface area contributed by atoms with Crippen LogP contribution in [0.25, 0.3) is 0 Å². The molecule has 0 saturated heterocycles. The minimum Gasteiger partial charge on any atom is -0.493 e. The number of aryl methyl sites for hydroxylation is 1. The van der Waals surface area contributed by atoms with Crippen molar-refractivity contribution in [3.05, 3.63) is 53.3 Å². The Morgan fingerprint density at radius 3 is 2.67 bits per heavy atom. The van der Waals surface area contributed by atoms with Gasteiger partial charge in [0.05, 0.1) is 13.7 Å². The van der Waals surface area contributed by atoms with Crippen LogP contribution in [0.3, 0.4) is 0 Å². The number of ether oxygens (including phenoxy) is 2. The van der Waals surface area contributed by atoms with Crippen LogP contribution in [0.4, 0.5) is 10.1 Å². The number of anilines is 1. The Bertz CT molecular complexity index is 593. The van der Waals surface area contributed by atoms with Crippen LogP contribution in [0, 0.1) is 12.7 Å². The third kappa shape index (κ3) is 3.88. The van der Waals surface area contributed by atoms with E-state index in [2.05, 4.69) is 5.32 Å². The van der Waals surface area contributed by atoms with E-state index in [-0.39, 0.29) is 5.82 Å². The highest BCUT2D eigenvalue weighted by molar-refractivity contribution is 5.51. The molecular formula is C17H20FNO2. The summed E-state index contributed by atoms with van der Waals surface area (Å²) in [4.78, 5) is 0. The fourth-order valence-electron chi connectivity index (χ4n) is 2.24. The van der Waals surface area contributed by atoms with E-state index in [0.717, 1.165) is 22.6 Å². The lowest BCUT2D eigenvalue weighted by atomic mass is 10.1. The molecule has 0 spiro atoms. The number of para-hydroxylation sites is 1. The Labute approximate surface area is 124 Å². The average molecular weight is 289 g/mol. The van der Waals surface area contributed by atoms with Gasteiger partial charge in [0, 0.05) is 17.8 Å². The van der Waals surface area contributed by atoms with Crippen molar-refractivity contribution in [2.24, 2.45) is 0 Å². The normalized spacial score (nSPS) is 10.3. The molecule has 0 heterocycles. The van der Waals surface area contributed by atoms with Gasteiger partial charge in [0.15, 0.2) is 11.5 Å². The van der Waals surface area contributed by atoms with Gasteiger partial charge in [-0.25, -0.2) is 4.39 Å². The minimum absolute atomic E-state index is 0.243. The van der Waals surface area contributed by atoms with Gasteiger partial charge in [-0.1, -0.05) is 12.1 Å². The zero-order chi connectivity index (χ0) is 15.2. The summed E-state index contributed by atoms with van der Waals surface area (Å²) in [6, 6.07) is 10.6. The Hall–Kier alpha value is -2.23. The Kier molecular flexibility index (Phi) is 5.04. The highest BCUT2D eigenvalue weighted by Crippen LogP contribution is 2.31. The van der Waals surface area contributed by atoms with Gasteiger partial charge in [-0.15, -0.1) is 0 Å². The van der Waals surface area contributed by atoms with E-state index in [9.17, 15) is 4.39 Å². The second kappa shape index (κ2) is 6.97. The predicted molar refractivity (Wildman–Crippen MR) is 82.6 cm³/mol. The molecule has 21 heavy (non-hydrogen) atoms. The maximum absolute atomic E-state index is 13.4. The molecular weight excluding hydrogens is 269 g/mol. The molecule has 0 fully saturated rings. The average Bonchev–Trinajstić information content (AvgIpc) is 2.44. The zero-order valence-electron chi connectivity index (χ0n) is 12.6. The van der Waals surface area contributed by atoms with E-state index < -0.39 is 0 Å². The smallest absolute Gasteiger partial charge is 0.165 e. The summed E-state index contributed by atoms with van der Waals surface area (Å²) in [7, 11) is 1.62. The molecule has 0 unspecified atom stereocenters. The fraction of sp³-hybridized carbons (Fsp3) is 0.294. The van der Waals surface area contributed by atoms with Crippen molar-refractivity contribution in [3.63, 3.8) is 0 Å². The summed E-state index contributed by atoms with van der Waals surface area (Å²) >= 11 is 0. The second-order valence-corrected chi connectivity index (χ2v) is 4.75. The van der Waals surface area contributed by atoms with E-state index in [1.165, 1.54) is 12.1 Å². The molecule has 0 aromatic heterocycles. The molecule has 2 aromatic carbocycles. The van der Waals surface area contributed by atoms with Gasteiger partial charge in [-0.3, -0.25) is 0 Å². The van der Waals surface area contributed by atoms with Gasteiger partial charge in [0.25, 0.3) is 0 Å². The quantitative estimate of drug-likeness (QED) is 0.866. The SMILES string of the molecule is CCOc1cccc(CNc2cc(C)cc(F)c2)c1OC. The van der Waals surface area contributed by atoms with Crippen molar-refractivity contribution in [2.45, 2.75) is 20.4 Å². The van der Waals surface area contributed by atoms with E-state index in [1.54, 1.807) is 7.11 Å². The van der Waals surface area contributed by atoms with Gasteiger partial charge in [0.2, 0.25) is 0 Å². The largest absolute Gasteiger partial charge is 0.493 e. The minimum atomic E-state index is -0.243. The first-order valence-corrected chi connectivity index (χ1v) is 6.93. The summed E-state index contributed by atoms with van der Waals surface area (Å²) in [6.45, 7) is 4.91. The lowest BCUT2D eigenvalue weighted by Crippen LogP contribution is -2.04. The molecule has 0 atom stereocenters. The number of nitrogens with one attached hydrogen (secondary N) is 1.